The molecule has 0 aromatic heterocycles. The molecule has 0 fully saturated rings. The minimum Gasteiger partial charge on any atom is -0.479 e. The highest BCUT2D eigenvalue weighted by Gasteiger charge is 2.09. The third kappa shape index (κ3) is 9.17. The quantitative estimate of drug-likeness (QED) is 0.565. The van der Waals surface area contributed by atoms with E-state index < -0.39 is 18.3 Å². The highest BCUT2D eigenvalue weighted by Crippen LogP contribution is 1.93. The summed E-state index contributed by atoms with van der Waals surface area (Å²) < 4.78 is 0. The Morgan fingerprint density at radius 2 is 1.60 bits per heavy atom. The number of nitrogens with zero attached hydrogens (tertiary/aromatic N) is 1. The van der Waals surface area contributed by atoms with Gasteiger partial charge in [-0.2, -0.15) is 0 Å². The van der Waals surface area contributed by atoms with Gasteiger partial charge in [0.2, 0.25) is 5.91 Å². The molecule has 0 aromatic carbocycles. The fourth-order valence-corrected chi connectivity index (χ4v) is 0.458. The van der Waals surface area contributed by atoms with Crippen molar-refractivity contribution in [1.29, 1.82) is 0 Å². The van der Waals surface area contributed by atoms with Crippen LogP contribution in [0.3, 0.4) is 0 Å². The van der Waals surface area contributed by atoms with Gasteiger partial charge in [-0.25, -0.2) is 4.79 Å². The Balaban J connectivity index is 0. The van der Waals surface area contributed by atoms with Crippen LogP contribution in [0, 0.1) is 0 Å². The van der Waals surface area contributed by atoms with Crippen LogP contribution >= 0.6 is 0 Å². The summed E-state index contributed by atoms with van der Waals surface area (Å²) in [5, 5.41) is 24.6. The standard InChI is InChI=1S/C6H13NO2.C3H6O3/c1-4-6(9)7(3)5(2)8;1-2(4)3(5)6/h5,8H,4H2,1-3H3;2,4H,1H3,(H,5,6). The zero-order chi connectivity index (χ0) is 12.6. The van der Waals surface area contributed by atoms with Crippen LogP contribution in [-0.4, -0.2) is 51.5 Å². The maximum atomic E-state index is 10.7. The molecule has 0 bridgehead atoms. The molecule has 0 spiro atoms. The second kappa shape index (κ2) is 8.19. The minimum atomic E-state index is -1.23. The van der Waals surface area contributed by atoms with Gasteiger partial charge in [-0.3, -0.25) is 4.79 Å². The lowest BCUT2D eigenvalue weighted by Gasteiger charge is -2.18. The molecule has 0 saturated carbocycles. The van der Waals surface area contributed by atoms with Crippen LogP contribution in [0.1, 0.15) is 27.2 Å². The van der Waals surface area contributed by atoms with Gasteiger partial charge in [-0.1, -0.05) is 6.92 Å². The molecule has 0 aromatic rings. The van der Waals surface area contributed by atoms with Gasteiger partial charge in [-0.05, 0) is 13.8 Å². The minimum absolute atomic E-state index is 0.0370. The normalized spacial score (nSPS) is 13.2. The van der Waals surface area contributed by atoms with Crippen LogP contribution in [-0.2, 0) is 9.59 Å². The number of carboxylic acid groups (broad SMARTS) is 1. The van der Waals surface area contributed by atoms with Crippen LogP contribution in [0.5, 0.6) is 0 Å². The summed E-state index contributed by atoms with van der Waals surface area (Å²) in [6.07, 6.45) is -1.45. The summed E-state index contributed by atoms with van der Waals surface area (Å²) in [6.45, 7) is 4.52. The molecule has 0 saturated heterocycles. The molecule has 3 N–H and O–H groups in total. The van der Waals surface area contributed by atoms with Crippen LogP contribution in [0.2, 0.25) is 0 Å². The lowest BCUT2D eigenvalue weighted by atomic mass is 10.4. The third-order valence-corrected chi connectivity index (χ3v) is 1.61. The molecule has 0 heterocycles. The second-order valence-electron chi connectivity index (χ2n) is 3.00. The first kappa shape index (κ1) is 16.3. The van der Waals surface area contributed by atoms with E-state index in [9.17, 15) is 9.59 Å². The number of carboxylic acids is 1. The average Bonchev–Trinajstić information content (AvgIpc) is 2.16. The summed E-state index contributed by atoms with van der Waals surface area (Å²) in [6, 6.07) is 0. The SMILES string of the molecule is CC(O)C(=O)O.CCC(=O)N(C)C(C)O. The van der Waals surface area contributed by atoms with E-state index in [1.165, 1.54) is 11.8 Å². The van der Waals surface area contributed by atoms with E-state index in [4.69, 9.17) is 15.3 Å². The van der Waals surface area contributed by atoms with Gasteiger partial charge in [0, 0.05) is 13.5 Å². The lowest BCUT2D eigenvalue weighted by molar-refractivity contribution is -0.145. The number of hydrogen-bond acceptors (Lipinski definition) is 4. The molecule has 6 nitrogen and oxygen atoms in total. The van der Waals surface area contributed by atoms with Crippen molar-refractivity contribution < 1.29 is 24.9 Å². The average molecular weight is 221 g/mol. The predicted molar refractivity (Wildman–Crippen MR) is 54.1 cm³/mol. The van der Waals surface area contributed by atoms with Crippen molar-refractivity contribution in [3.8, 4) is 0 Å². The number of aliphatic hydroxyl groups is 2. The number of aliphatic carboxylic acids is 1. The first-order valence-corrected chi connectivity index (χ1v) is 4.58. The Labute approximate surface area is 89.1 Å². The first-order chi connectivity index (χ1) is 6.73. The van der Waals surface area contributed by atoms with E-state index in [2.05, 4.69) is 0 Å². The van der Waals surface area contributed by atoms with E-state index in [0.29, 0.717) is 6.42 Å². The smallest absolute Gasteiger partial charge is 0.332 e. The largest absolute Gasteiger partial charge is 0.479 e. The van der Waals surface area contributed by atoms with Gasteiger partial charge >= 0.3 is 5.97 Å². The van der Waals surface area contributed by atoms with E-state index in [-0.39, 0.29) is 5.91 Å². The highest BCUT2D eigenvalue weighted by atomic mass is 16.4. The number of rotatable bonds is 3. The third-order valence-electron chi connectivity index (χ3n) is 1.61. The van der Waals surface area contributed by atoms with Crippen molar-refractivity contribution in [3.63, 3.8) is 0 Å². The number of carbonyl (C=O) groups is 2. The Hall–Kier alpha value is -1.14. The molecule has 2 atom stereocenters. The fraction of sp³-hybridized carbons (Fsp3) is 0.778. The molecule has 15 heavy (non-hydrogen) atoms. The van der Waals surface area contributed by atoms with Crippen molar-refractivity contribution >= 4 is 11.9 Å². The van der Waals surface area contributed by atoms with Crippen molar-refractivity contribution in [3.05, 3.63) is 0 Å². The van der Waals surface area contributed by atoms with Gasteiger partial charge in [0.1, 0.15) is 12.3 Å². The zero-order valence-corrected chi connectivity index (χ0v) is 9.47. The molecular formula is C9H19NO5. The summed E-state index contributed by atoms with van der Waals surface area (Å²) in [4.78, 5) is 21.5. The molecule has 90 valence electrons. The molecule has 0 radical (unpaired) electrons. The van der Waals surface area contributed by atoms with Gasteiger partial charge < -0.3 is 20.2 Å². The Kier molecular flexibility index (Phi) is 8.90. The molecule has 0 aliphatic carbocycles. The van der Waals surface area contributed by atoms with Crippen molar-refractivity contribution in [2.75, 3.05) is 7.05 Å². The Morgan fingerprint density at radius 3 is 1.67 bits per heavy atom. The van der Waals surface area contributed by atoms with E-state index in [1.807, 2.05) is 0 Å². The highest BCUT2D eigenvalue weighted by molar-refractivity contribution is 5.75. The maximum Gasteiger partial charge on any atom is 0.332 e. The molecule has 0 rings (SSSR count). The van der Waals surface area contributed by atoms with Gasteiger partial charge in [0.15, 0.2) is 0 Å². The van der Waals surface area contributed by atoms with Crippen LogP contribution in [0.4, 0.5) is 0 Å². The monoisotopic (exact) mass is 221 g/mol. The van der Waals surface area contributed by atoms with Gasteiger partial charge in [-0.15, -0.1) is 0 Å². The zero-order valence-electron chi connectivity index (χ0n) is 9.47. The number of hydrogen-bond donors (Lipinski definition) is 3. The summed E-state index contributed by atoms with van der Waals surface area (Å²) >= 11 is 0. The van der Waals surface area contributed by atoms with E-state index in [0.717, 1.165) is 0 Å². The summed E-state index contributed by atoms with van der Waals surface area (Å²) in [5.74, 6) is -1.22. The maximum absolute atomic E-state index is 10.7. The van der Waals surface area contributed by atoms with Crippen LogP contribution in [0.25, 0.3) is 0 Å². The molecular weight excluding hydrogens is 202 g/mol. The predicted octanol–water partition coefficient (Wildman–Crippen LogP) is -0.355. The fourth-order valence-electron chi connectivity index (χ4n) is 0.458. The molecule has 2 unspecified atom stereocenters. The molecule has 0 aliphatic heterocycles. The Bertz CT molecular complexity index is 203. The number of amides is 1. The van der Waals surface area contributed by atoms with Gasteiger partial charge in [0.25, 0.3) is 0 Å². The lowest BCUT2D eigenvalue weighted by Crippen LogP contribution is -2.34. The molecule has 6 heteroatoms. The first-order valence-electron chi connectivity index (χ1n) is 4.58. The van der Waals surface area contributed by atoms with Crippen molar-refractivity contribution in [2.24, 2.45) is 0 Å². The van der Waals surface area contributed by atoms with Gasteiger partial charge in [0.05, 0.1) is 0 Å². The second-order valence-corrected chi connectivity index (χ2v) is 3.00. The van der Waals surface area contributed by atoms with E-state index in [1.54, 1.807) is 20.9 Å². The van der Waals surface area contributed by atoms with Crippen LogP contribution < -0.4 is 0 Å². The summed E-state index contributed by atoms with van der Waals surface area (Å²) in [5.41, 5.74) is 0. The number of carbonyl (C=O) groups excluding carboxylic acids is 1. The Morgan fingerprint density at radius 1 is 1.27 bits per heavy atom. The molecule has 1 amide bonds. The van der Waals surface area contributed by atoms with Crippen LogP contribution in [0.15, 0.2) is 0 Å². The van der Waals surface area contributed by atoms with Crippen molar-refractivity contribution in [2.45, 2.75) is 39.5 Å². The topological polar surface area (TPSA) is 98.1 Å². The molecule has 0 aliphatic rings. The van der Waals surface area contributed by atoms with Crippen molar-refractivity contribution in [1.82, 2.24) is 4.90 Å². The summed E-state index contributed by atoms with van der Waals surface area (Å²) in [7, 11) is 1.58. The van der Waals surface area contributed by atoms with E-state index >= 15 is 0 Å². The number of aliphatic hydroxyl groups excluding tert-OH is 2.